The van der Waals surface area contributed by atoms with Crippen LogP contribution in [0.2, 0.25) is 0 Å². The molecule has 0 spiro atoms. The molecule has 6 nitrogen and oxygen atoms in total. The zero-order valence-corrected chi connectivity index (χ0v) is 12.7. The van der Waals surface area contributed by atoms with Gasteiger partial charge in [0.1, 0.15) is 5.75 Å². The van der Waals surface area contributed by atoms with Crippen LogP contribution < -0.4 is 10.1 Å². The lowest BCUT2D eigenvalue weighted by molar-refractivity contribution is 0.0963. The Morgan fingerprint density at radius 2 is 2.00 bits per heavy atom. The van der Waals surface area contributed by atoms with Gasteiger partial charge < -0.3 is 14.6 Å². The van der Waals surface area contributed by atoms with Gasteiger partial charge in [0, 0.05) is 12.6 Å². The minimum Gasteiger partial charge on any atom is -0.497 e. The molecule has 1 heterocycles. The van der Waals surface area contributed by atoms with E-state index in [0.717, 1.165) is 5.56 Å². The molecule has 3 aromatic rings. The number of hydrogen-bond acceptors (Lipinski definition) is 5. The zero-order valence-electron chi connectivity index (χ0n) is 12.7. The van der Waals surface area contributed by atoms with Crippen molar-refractivity contribution in [2.75, 3.05) is 14.2 Å². The quantitative estimate of drug-likeness (QED) is 0.802. The Morgan fingerprint density at radius 3 is 2.78 bits per heavy atom. The Morgan fingerprint density at radius 1 is 1.17 bits per heavy atom. The van der Waals surface area contributed by atoms with Gasteiger partial charge in [0.2, 0.25) is 5.82 Å². The van der Waals surface area contributed by atoms with Crippen molar-refractivity contribution in [3.8, 4) is 28.6 Å². The maximum absolute atomic E-state index is 12.0. The van der Waals surface area contributed by atoms with Gasteiger partial charge in [-0.05, 0) is 24.3 Å². The third-order valence-electron chi connectivity index (χ3n) is 3.38. The Balaban J connectivity index is 2.01. The highest BCUT2D eigenvalue weighted by atomic mass is 16.5. The summed E-state index contributed by atoms with van der Waals surface area (Å²) < 4.78 is 10.5. The fraction of sp³-hybridized carbons (Fsp3) is 0.118. The molecule has 0 fully saturated rings. The van der Waals surface area contributed by atoms with Crippen LogP contribution in [0.4, 0.5) is 0 Å². The average Bonchev–Trinajstić information content (AvgIpc) is 3.11. The van der Waals surface area contributed by atoms with Gasteiger partial charge in [-0.25, -0.2) is 0 Å². The number of methoxy groups -OCH3 is 1. The fourth-order valence-corrected chi connectivity index (χ4v) is 2.21. The molecule has 0 radical (unpaired) electrons. The van der Waals surface area contributed by atoms with Gasteiger partial charge in [-0.2, -0.15) is 4.98 Å². The largest absolute Gasteiger partial charge is 0.497 e. The van der Waals surface area contributed by atoms with Crippen LogP contribution in [-0.2, 0) is 0 Å². The molecule has 0 bridgehead atoms. The van der Waals surface area contributed by atoms with Gasteiger partial charge in [-0.3, -0.25) is 4.79 Å². The number of carbonyl (C=O) groups is 1. The van der Waals surface area contributed by atoms with Crippen LogP contribution in [0.15, 0.2) is 53.1 Å². The summed E-state index contributed by atoms with van der Waals surface area (Å²) in [6, 6.07) is 14.5. The number of hydrogen-bond donors (Lipinski definition) is 1. The summed E-state index contributed by atoms with van der Waals surface area (Å²) in [6.45, 7) is 0. The lowest BCUT2D eigenvalue weighted by atomic mass is 10.1. The van der Waals surface area contributed by atoms with E-state index in [1.807, 2.05) is 30.3 Å². The molecule has 3 rings (SSSR count). The maximum Gasteiger partial charge on any atom is 0.259 e. The maximum atomic E-state index is 12.0. The third-order valence-corrected chi connectivity index (χ3v) is 3.38. The molecule has 1 aromatic heterocycles. The van der Waals surface area contributed by atoms with Gasteiger partial charge >= 0.3 is 0 Å². The van der Waals surface area contributed by atoms with Crippen molar-refractivity contribution < 1.29 is 14.1 Å². The van der Waals surface area contributed by atoms with Crippen LogP contribution in [0.1, 0.15) is 10.4 Å². The van der Waals surface area contributed by atoms with Crippen LogP contribution in [0.25, 0.3) is 22.8 Å². The molecule has 0 atom stereocenters. The van der Waals surface area contributed by atoms with Gasteiger partial charge in [-0.15, -0.1) is 0 Å². The molecule has 0 aliphatic rings. The van der Waals surface area contributed by atoms with Crippen LogP contribution in [0.3, 0.4) is 0 Å². The summed E-state index contributed by atoms with van der Waals surface area (Å²) in [5.74, 6) is 1.23. The first-order chi connectivity index (χ1) is 11.2. The number of carbonyl (C=O) groups excluding carboxylic acids is 1. The fourth-order valence-electron chi connectivity index (χ4n) is 2.21. The molecular formula is C17H15N3O3. The minimum absolute atomic E-state index is 0.207. The molecule has 1 amide bonds. The van der Waals surface area contributed by atoms with E-state index in [-0.39, 0.29) is 5.91 Å². The lowest BCUT2D eigenvalue weighted by Crippen LogP contribution is -2.18. The van der Waals surface area contributed by atoms with Crippen molar-refractivity contribution in [1.29, 1.82) is 0 Å². The zero-order chi connectivity index (χ0) is 16.2. The third kappa shape index (κ3) is 2.91. The smallest absolute Gasteiger partial charge is 0.259 e. The second-order valence-corrected chi connectivity index (χ2v) is 4.78. The van der Waals surface area contributed by atoms with Crippen molar-refractivity contribution in [3.05, 3.63) is 54.1 Å². The van der Waals surface area contributed by atoms with E-state index in [9.17, 15) is 4.79 Å². The van der Waals surface area contributed by atoms with Crippen LogP contribution in [0.5, 0.6) is 5.75 Å². The predicted molar refractivity (Wildman–Crippen MR) is 85.1 cm³/mol. The monoisotopic (exact) mass is 309 g/mol. The molecule has 6 heteroatoms. The molecule has 23 heavy (non-hydrogen) atoms. The van der Waals surface area contributed by atoms with Crippen LogP contribution >= 0.6 is 0 Å². The van der Waals surface area contributed by atoms with Crippen molar-refractivity contribution in [1.82, 2.24) is 15.5 Å². The van der Waals surface area contributed by atoms with Gasteiger partial charge in [0.15, 0.2) is 0 Å². The molecule has 0 saturated carbocycles. The average molecular weight is 309 g/mol. The second-order valence-electron chi connectivity index (χ2n) is 4.78. The first-order valence-electron chi connectivity index (χ1n) is 7.02. The molecule has 116 valence electrons. The van der Waals surface area contributed by atoms with E-state index in [1.165, 1.54) is 0 Å². The standard InChI is InChI=1S/C17H15N3O3/c1-18-16(21)13-8-3-4-9-14(13)17-19-15(20-23-17)11-6-5-7-12(10-11)22-2/h3-10H,1-2H3,(H,18,21). The number of nitrogens with zero attached hydrogens (tertiary/aromatic N) is 2. The van der Waals surface area contributed by atoms with Crippen LogP contribution in [0, 0.1) is 0 Å². The van der Waals surface area contributed by atoms with E-state index < -0.39 is 0 Å². The number of amides is 1. The van der Waals surface area contributed by atoms with Crippen molar-refractivity contribution in [2.45, 2.75) is 0 Å². The summed E-state index contributed by atoms with van der Waals surface area (Å²) in [6.07, 6.45) is 0. The lowest BCUT2D eigenvalue weighted by Gasteiger charge is -2.03. The minimum atomic E-state index is -0.207. The number of nitrogens with one attached hydrogen (secondary N) is 1. The molecule has 1 N–H and O–H groups in total. The van der Waals surface area contributed by atoms with E-state index in [2.05, 4.69) is 15.5 Å². The highest BCUT2D eigenvalue weighted by Gasteiger charge is 2.17. The Hall–Kier alpha value is -3.15. The molecule has 0 unspecified atom stereocenters. The van der Waals surface area contributed by atoms with Gasteiger partial charge in [0.05, 0.1) is 18.2 Å². The summed E-state index contributed by atoms with van der Waals surface area (Å²) in [5, 5.41) is 6.59. The summed E-state index contributed by atoms with van der Waals surface area (Å²) in [4.78, 5) is 16.3. The van der Waals surface area contributed by atoms with Crippen molar-refractivity contribution >= 4 is 5.91 Å². The Kier molecular flexibility index (Phi) is 4.05. The summed E-state index contributed by atoms with van der Waals surface area (Å²) in [7, 11) is 3.18. The van der Waals surface area contributed by atoms with E-state index in [4.69, 9.17) is 9.26 Å². The topological polar surface area (TPSA) is 77.2 Å². The number of aromatic nitrogens is 2. The number of ether oxygens (including phenoxy) is 1. The first kappa shape index (κ1) is 14.8. The number of rotatable bonds is 4. The van der Waals surface area contributed by atoms with Gasteiger partial charge in [-0.1, -0.05) is 29.4 Å². The SMILES string of the molecule is CNC(=O)c1ccccc1-c1nc(-c2cccc(OC)c2)no1. The number of benzene rings is 2. The van der Waals surface area contributed by atoms with Gasteiger partial charge in [0.25, 0.3) is 11.8 Å². The van der Waals surface area contributed by atoms with Crippen LogP contribution in [-0.4, -0.2) is 30.2 Å². The molecule has 2 aromatic carbocycles. The van der Waals surface area contributed by atoms with E-state index in [0.29, 0.717) is 28.6 Å². The Labute approximate surface area is 133 Å². The highest BCUT2D eigenvalue weighted by molar-refractivity contribution is 5.99. The molecule has 0 aliphatic carbocycles. The predicted octanol–water partition coefficient (Wildman–Crippen LogP) is 2.77. The first-order valence-corrected chi connectivity index (χ1v) is 7.02. The molecule has 0 aliphatic heterocycles. The van der Waals surface area contributed by atoms with E-state index in [1.54, 1.807) is 32.4 Å². The van der Waals surface area contributed by atoms with E-state index >= 15 is 0 Å². The molecule has 0 saturated heterocycles. The Bertz CT molecular complexity index is 842. The second kappa shape index (κ2) is 6.31. The summed E-state index contributed by atoms with van der Waals surface area (Å²) in [5.41, 5.74) is 1.85. The van der Waals surface area contributed by atoms with Crippen molar-refractivity contribution in [3.63, 3.8) is 0 Å². The highest BCUT2D eigenvalue weighted by Crippen LogP contribution is 2.26. The molecular weight excluding hydrogens is 294 g/mol. The van der Waals surface area contributed by atoms with Crippen molar-refractivity contribution in [2.24, 2.45) is 0 Å². The normalized spacial score (nSPS) is 10.3. The summed E-state index contributed by atoms with van der Waals surface area (Å²) >= 11 is 0.